The Morgan fingerprint density at radius 3 is 2.31 bits per heavy atom. The Morgan fingerprint density at radius 2 is 1.67 bits per heavy atom. The molecule has 0 radical (unpaired) electrons. The van der Waals surface area contributed by atoms with E-state index in [1.165, 1.54) is 4.90 Å². The van der Waals surface area contributed by atoms with Crippen molar-refractivity contribution in [3.8, 4) is 0 Å². The molecule has 4 rings (SSSR count). The number of hydrogen-bond acceptors (Lipinski definition) is 5. The second-order valence-electron chi connectivity index (χ2n) is 8.68. The first-order chi connectivity index (χ1) is 17.3. The van der Waals surface area contributed by atoms with E-state index >= 15 is 0 Å². The lowest BCUT2D eigenvalue weighted by atomic mass is 9.94. The van der Waals surface area contributed by atoms with Crippen LogP contribution in [0.5, 0.6) is 0 Å². The zero-order chi connectivity index (χ0) is 25.8. The SMILES string of the molecule is CCCOC(=O)c1ccc(CN2C(=O)C(=O)/C(=C(/O)c3ccc(Br)cc3)C2c2cccc(C)c2)cc1. The van der Waals surface area contributed by atoms with Gasteiger partial charge in [-0.3, -0.25) is 9.59 Å². The Kier molecular flexibility index (Phi) is 7.70. The summed E-state index contributed by atoms with van der Waals surface area (Å²) in [7, 11) is 0. The lowest BCUT2D eigenvalue weighted by Crippen LogP contribution is -2.29. The molecular formula is C29H26BrNO5. The molecule has 0 bridgehead atoms. The third-order valence-corrected chi connectivity index (χ3v) is 6.52. The molecule has 0 saturated carbocycles. The van der Waals surface area contributed by atoms with E-state index in [-0.39, 0.29) is 17.9 Å². The van der Waals surface area contributed by atoms with Gasteiger partial charge in [-0.2, -0.15) is 0 Å². The number of aliphatic hydroxyl groups excluding tert-OH is 1. The lowest BCUT2D eigenvalue weighted by molar-refractivity contribution is -0.140. The van der Waals surface area contributed by atoms with Crippen LogP contribution in [0.2, 0.25) is 0 Å². The summed E-state index contributed by atoms with van der Waals surface area (Å²) in [6.07, 6.45) is 0.734. The standard InChI is InChI=1S/C29H26BrNO5/c1-3-15-36-29(35)21-9-7-19(8-10-21)17-31-25(22-6-4-5-18(2)16-22)24(27(33)28(31)34)26(32)20-11-13-23(30)14-12-20/h4-14,16,25,32H,3,15,17H2,1-2H3/b26-24+. The van der Waals surface area contributed by atoms with Gasteiger partial charge in [0.15, 0.2) is 0 Å². The number of ketones is 1. The van der Waals surface area contributed by atoms with Gasteiger partial charge in [-0.1, -0.05) is 76.9 Å². The molecule has 0 aliphatic carbocycles. The lowest BCUT2D eigenvalue weighted by Gasteiger charge is -2.26. The summed E-state index contributed by atoms with van der Waals surface area (Å²) >= 11 is 3.37. The van der Waals surface area contributed by atoms with Gasteiger partial charge in [0.25, 0.3) is 11.7 Å². The number of hydrogen-bond donors (Lipinski definition) is 1. The summed E-state index contributed by atoms with van der Waals surface area (Å²) in [4.78, 5) is 40.0. The minimum atomic E-state index is -0.761. The molecule has 36 heavy (non-hydrogen) atoms. The van der Waals surface area contributed by atoms with Crippen LogP contribution in [0.3, 0.4) is 0 Å². The zero-order valence-electron chi connectivity index (χ0n) is 20.0. The van der Waals surface area contributed by atoms with Crippen LogP contribution in [0.1, 0.15) is 52.0 Å². The van der Waals surface area contributed by atoms with E-state index < -0.39 is 23.7 Å². The van der Waals surface area contributed by atoms with Gasteiger partial charge < -0.3 is 14.7 Å². The number of halogens is 1. The average molecular weight is 548 g/mol. The predicted molar refractivity (Wildman–Crippen MR) is 140 cm³/mol. The average Bonchev–Trinajstić information content (AvgIpc) is 3.12. The van der Waals surface area contributed by atoms with Crippen LogP contribution in [0, 0.1) is 6.92 Å². The van der Waals surface area contributed by atoms with Crippen molar-refractivity contribution >= 4 is 39.3 Å². The van der Waals surface area contributed by atoms with Crippen LogP contribution >= 0.6 is 15.9 Å². The molecule has 0 aromatic heterocycles. The Bertz CT molecular complexity index is 1330. The third-order valence-electron chi connectivity index (χ3n) is 6.00. The minimum Gasteiger partial charge on any atom is -0.507 e. The van der Waals surface area contributed by atoms with Crippen LogP contribution in [-0.2, 0) is 20.9 Å². The highest BCUT2D eigenvalue weighted by molar-refractivity contribution is 9.10. The maximum Gasteiger partial charge on any atom is 0.338 e. The van der Waals surface area contributed by atoms with Gasteiger partial charge in [0.2, 0.25) is 0 Å². The second kappa shape index (κ2) is 10.9. The minimum absolute atomic E-state index is 0.0488. The highest BCUT2D eigenvalue weighted by Crippen LogP contribution is 2.40. The molecule has 1 amide bonds. The first-order valence-electron chi connectivity index (χ1n) is 11.7. The van der Waals surface area contributed by atoms with Crippen molar-refractivity contribution < 1.29 is 24.2 Å². The molecule has 3 aromatic rings. The van der Waals surface area contributed by atoms with Crippen molar-refractivity contribution in [3.05, 3.63) is 111 Å². The van der Waals surface area contributed by atoms with Gasteiger partial charge in [0.05, 0.1) is 23.8 Å². The van der Waals surface area contributed by atoms with Crippen molar-refractivity contribution in [2.24, 2.45) is 0 Å². The summed E-state index contributed by atoms with van der Waals surface area (Å²) < 4.78 is 6.00. The van der Waals surface area contributed by atoms with Gasteiger partial charge in [-0.05, 0) is 48.7 Å². The molecule has 1 fully saturated rings. The number of Topliss-reactive ketones (excluding diaryl/α,β-unsaturated/α-hetero) is 1. The first-order valence-corrected chi connectivity index (χ1v) is 12.5. The molecule has 0 spiro atoms. The molecule has 3 aromatic carbocycles. The van der Waals surface area contributed by atoms with Crippen molar-refractivity contribution in [2.45, 2.75) is 32.9 Å². The Balaban J connectivity index is 1.73. The molecule has 6 nitrogen and oxygen atoms in total. The van der Waals surface area contributed by atoms with Gasteiger partial charge >= 0.3 is 5.97 Å². The predicted octanol–water partition coefficient (Wildman–Crippen LogP) is 5.95. The fourth-order valence-corrected chi connectivity index (χ4v) is 4.48. The van der Waals surface area contributed by atoms with Gasteiger partial charge in [-0.15, -0.1) is 0 Å². The highest BCUT2D eigenvalue weighted by Gasteiger charge is 2.46. The number of likely N-dealkylation sites (tertiary alicyclic amines) is 1. The van der Waals surface area contributed by atoms with E-state index in [0.717, 1.165) is 27.6 Å². The number of amides is 1. The first kappa shape index (κ1) is 25.4. The number of rotatable bonds is 7. The van der Waals surface area contributed by atoms with Crippen LogP contribution in [0.4, 0.5) is 0 Å². The van der Waals surface area contributed by atoms with Gasteiger partial charge in [0, 0.05) is 16.6 Å². The number of carbonyl (C=O) groups excluding carboxylic acids is 3. The van der Waals surface area contributed by atoms with Crippen LogP contribution in [-0.4, -0.2) is 34.3 Å². The monoisotopic (exact) mass is 547 g/mol. The van der Waals surface area contributed by atoms with E-state index in [1.807, 2.05) is 38.1 Å². The number of ether oxygens (including phenoxy) is 1. The van der Waals surface area contributed by atoms with Crippen molar-refractivity contribution in [2.75, 3.05) is 6.61 Å². The van der Waals surface area contributed by atoms with Gasteiger partial charge in [0.1, 0.15) is 5.76 Å². The molecule has 1 N–H and O–H groups in total. The van der Waals surface area contributed by atoms with E-state index in [0.29, 0.717) is 17.7 Å². The number of aryl methyl sites for hydroxylation is 1. The molecule has 7 heteroatoms. The molecule has 1 aliphatic rings. The van der Waals surface area contributed by atoms with Crippen LogP contribution in [0.15, 0.2) is 82.8 Å². The molecule has 1 unspecified atom stereocenters. The quantitative estimate of drug-likeness (QED) is 0.171. The molecule has 1 atom stereocenters. The summed E-state index contributed by atoms with van der Waals surface area (Å²) in [5.41, 5.74) is 3.35. The summed E-state index contributed by atoms with van der Waals surface area (Å²) in [5.74, 6) is -2.05. The van der Waals surface area contributed by atoms with E-state index in [9.17, 15) is 19.5 Å². The molecule has 1 heterocycles. The van der Waals surface area contributed by atoms with E-state index in [2.05, 4.69) is 15.9 Å². The number of aliphatic hydroxyl groups is 1. The normalized spacial score (nSPS) is 16.9. The fourth-order valence-electron chi connectivity index (χ4n) is 4.21. The Labute approximate surface area is 218 Å². The molecular weight excluding hydrogens is 522 g/mol. The smallest absolute Gasteiger partial charge is 0.338 e. The second-order valence-corrected chi connectivity index (χ2v) is 9.60. The van der Waals surface area contributed by atoms with Crippen molar-refractivity contribution in [1.29, 1.82) is 0 Å². The maximum absolute atomic E-state index is 13.2. The largest absolute Gasteiger partial charge is 0.507 e. The number of esters is 1. The van der Waals surface area contributed by atoms with Crippen LogP contribution in [0.25, 0.3) is 5.76 Å². The third kappa shape index (κ3) is 5.26. The zero-order valence-corrected chi connectivity index (χ0v) is 21.6. The van der Waals surface area contributed by atoms with E-state index in [1.54, 1.807) is 48.5 Å². The highest BCUT2D eigenvalue weighted by atomic mass is 79.9. The maximum atomic E-state index is 13.2. The van der Waals surface area contributed by atoms with E-state index in [4.69, 9.17) is 4.74 Å². The number of carbonyl (C=O) groups is 3. The summed E-state index contributed by atoms with van der Waals surface area (Å²) in [5, 5.41) is 11.2. The fraction of sp³-hybridized carbons (Fsp3) is 0.207. The number of nitrogens with zero attached hydrogens (tertiary/aromatic N) is 1. The van der Waals surface area contributed by atoms with Crippen molar-refractivity contribution in [1.82, 2.24) is 4.90 Å². The summed E-state index contributed by atoms with van der Waals surface area (Å²) in [6, 6.07) is 20.5. The van der Waals surface area contributed by atoms with Gasteiger partial charge in [-0.25, -0.2) is 4.79 Å². The topological polar surface area (TPSA) is 83.9 Å². The van der Waals surface area contributed by atoms with Crippen LogP contribution < -0.4 is 0 Å². The molecule has 1 saturated heterocycles. The Morgan fingerprint density at radius 1 is 1.00 bits per heavy atom. The summed E-state index contributed by atoms with van der Waals surface area (Å²) in [6.45, 7) is 4.33. The molecule has 1 aliphatic heterocycles. The Hall–Kier alpha value is -3.71. The van der Waals surface area contributed by atoms with Crippen molar-refractivity contribution in [3.63, 3.8) is 0 Å². The molecule has 184 valence electrons. The number of benzene rings is 3.